The molecule has 0 bridgehead atoms. The Kier molecular flexibility index (Phi) is 12.1. The normalized spacial score (nSPS) is 13.7. The van der Waals surface area contributed by atoms with Crippen molar-refractivity contribution in [1.82, 2.24) is 19.2 Å². The maximum Gasteiger partial charge on any atom is 0.339 e. The van der Waals surface area contributed by atoms with Gasteiger partial charge in [0, 0.05) is 79.9 Å². The number of hydrogen-bond donors (Lipinski definition) is 2. The molecule has 2 N–H and O–H groups in total. The van der Waals surface area contributed by atoms with Gasteiger partial charge >= 0.3 is 5.97 Å². The minimum absolute atomic E-state index is 0.00444. The second kappa shape index (κ2) is 17.5. The van der Waals surface area contributed by atoms with Gasteiger partial charge in [-0.1, -0.05) is 90.5 Å². The highest BCUT2D eigenvalue weighted by molar-refractivity contribution is 7.89. The summed E-state index contributed by atoms with van der Waals surface area (Å²) in [4.78, 5) is 20.8. The van der Waals surface area contributed by atoms with Gasteiger partial charge in [-0.15, -0.1) is 0 Å². The molecule has 0 spiro atoms. The number of carboxylic acid groups (broad SMARTS) is 1. The quantitative estimate of drug-likeness (QED) is 0.109. The number of piperazine rings is 1. The Morgan fingerprint density at radius 1 is 0.836 bits per heavy atom. The van der Waals surface area contributed by atoms with Crippen molar-refractivity contribution in [1.29, 1.82) is 0 Å². The number of anilines is 1. The van der Waals surface area contributed by atoms with E-state index in [9.17, 15) is 18.3 Å². The van der Waals surface area contributed by atoms with Crippen LogP contribution in [-0.2, 0) is 22.9 Å². The van der Waals surface area contributed by atoms with E-state index in [1.807, 2.05) is 72.8 Å². The first kappa shape index (κ1) is 38.1. The second-order valence-electron chi connectivity index (χ2n) is 13.6. The minimum atomic E-state index is -3.60. The summed E-state index contributed by atoms with van der Waals surface area (Å²) in [5.41, 5.74) is 5.09. The van der Waals surface area contributed by atoms with E-state index in [-0.39, 0.29) is 36.3 Å². The summed E-state index contributed by atoms with van der Waals surface area (Å²) in [5.74, 6) is 0.159. The summed E-state index contributed by atoms with van der Waals surface area (Å²) >= 11 is 6.65. The number of hydrogen-bond acceptors (Lipinski definition) is 7. The molecule has 7 rings (SSSR count). The number of nitrogens with zero attached hydrogens (tertiary/aromatic N) is 4. The molecule has 1 aliphatic rings. The molecule has 0 unspecified atom stereocenters. The predicted molar refractivity (Wildman–Crippen MR) is 218 cm³/mol. The van der Waals surface area contributed by atoms with Gasteiger partial charge in [0.2, 0.25) is 10.0 Å². The monoisotopic (exact) mass is 777 g/mol. The fourth-order valence-corrected chi connectivity index (χ4v) is 8.66. The van der Waals surface area contributed by atoms with Gasteiger partial charge in [-0.25, -0.2) is 22.9 Å². The number of para-hydroxylation sites is 1. The van der Waals surface area contributed by atoms with Crippen LogP contribution < -0.4 is 14.4 Å². The van der Waals surface area contributed by atoms with Crippen LogP contribution in [-0.4, -0.2) is 85.6 Å². The molecule has 55 heavy (non-hydrogen) atoms. The fourth-order valence-electron chi connectivity index (χ4n) is 7.43. The fraction of sp³-hybridized carbons (Fsp3) is 0.256. The number of carboxylic acids is 1. The summed E-state index contributed by atoms with van der Waals surface area (Å²) < 4.78 is 38.3. The zero-order chi connectivity index (χ0) is 38.2. The maximum atomic E-state index is 13.5. The van der Waals surface area contributed by atoms with Crippen molar-refractivity contribution in [3.8, 4) is 5.75 Å². The third-order valence-corrected chi connectivity index (χ3v) is 11.7. The molecule has 2 aromatic heterocycles. The standard InChI is InChI=1S/C43H44ClN5O5S/c44-34-18-19-38-37(31-34)35(21-29-54-40-16-8-7-15-36(40)43(50)51)39(49(38)42(32-11-3-1-4-12-32)33-13-5-2-6-14-33)20-23-46-55(52,53)30-28-47-24-26-48(27-25-47)41-17-9-10-22-45-41/h1-19,22,31,42,46H,20-21,23-30H2,(H,50,51). The number of aromatic carboxylic acids is 1. The number of fused-ring (bicyclic) bond motifs is 1. The Morgan fingerprint density at radius 2 is 1.51 bits per heavy atom. The Balaban J connectivity index is 1.16. The topological polar surface area (TPSA) is 117 Å². The number of benzene rings is 4. The van der Waals surface area contributed by atoms with Crippen LogP contribution in [0.3, 0.4) is 0 Å². The number of halogens is 1. The maximum absolute atomic E-state index is 13.5. The number of aromatic nitrogens is 2. The average molecular weight is 778 g/mol. The van der Waals surface area contributed by atoms with Gasteiger partial charge in [0.15, 0.2) is 0 Å². The molecule has 6 aromatic rings. The van der Waals surface area contributed by atoms with Gasteiger partial charge in [-0.05, 0) is 59.2 Å². The first-order valence-corrected chi connectivity index (χ1v) is 20.5. The molecule has 0 aliphatic carbocycles. The Morgan fingerprint density at radius 3 is 2.18 bits per heavy atom. The number of nitrogens with one attached hydrogen (secondary N) is 1. The van der Waals surface area contributed by atoms with Crippen molar-refractivity contribution in [2.45, 2.75) is 18.9 Å². The van der Waals surface area contributed by atoms with Crippen molar-refractivity contribution >= 4 is 44.3 Å². The molecular formula is C43H44ClN5O5S. The molecular weight excluding hydrogens is 734 g/mol. The van der Waals surface area contributed by atoms with E-state index >= 15 is 0 Å². The molecule has 1 fully saturated rings. The predicted octanol–water partition coefficient (Wildman–Crippen LogP) is 6.93. The van der Waals surface area contributed by atoms with Crippen molar-refractivity contribution < 1.29 is 23.1 Å². The molecule has 284 valence electrons. The number of carbonyl (C=O) groups is 1. The highest BCUT2D eigenvalue weighted by Gasteiger charge is 2.27. The van der Waals surface area contributed by atoms with Gasteiger partial charge in [0.05, 0.1) is 18.4 Å². The SMILES string of the molecule is O=C(O)c1ccccc1OCCc1c(CCNS(=O)(=O)CCN2CCN(c3ccccn3)CC2)n(C(c2ccccc2)c2ccccc2)c2ccc(Cl)cc12. The van der Waals surface area contributed by atoms with Crippen molar-refractivity contribution in [3.63, 3.8) is 0 Å². The summed E-state index contributed by atoms with van der Waals surface area (Å²) in [6, 6.07) is 38.6. The molecule has 0 radical (unpaired) electrons. The molecule has 0 amide bonds. The number of rotatable bonds is 16. The van der Waals surface area contributed by atoms with Crippen LogP contribution in [0.25, 0.3) is 10.9 Å². The van der Waals surface area contributed by atoms with Gasteiger partial charge in [-0.2, -0.15) is 0 Å². The Hall–Kier alpha value is -5.20. The van der Waals surface area contributed by atoms with Crippen LogP contribution in [0.5, 0.6) is 5.75 Å². The number of sulfonamides is 1. The van der Waals surface area contributed by atoms with Crippen LogP contribution in [0.15, 0.2) is 128 Å². The zero-order valence-electron chi connectivity index (χ0n) is 30.4. The molecule has 3 heterocycles. The first-order chi connectivity index (χ1) is 26.8. The lowest BCUT2D eigenvalue weighted by Crippen LogP contribution is -2.48. The molecule has 12 heteroatoms. The summed E-state index contributed by atoms with van der Waals surface area (Å²) in [5, 5.41) is 11.3. The largest absolute Gasteiger partial charge is 0.492 e. The molecule has 4 aromatic carbocycles. The molecule has 0 saturated carbocycles. The van der Waals surface area contributed by atoms with Crippen LogP contribution in [0.4, 0.5) is 5.82 Å². The van der Waals surface area contributed by atoms with Crippen LogP contribution in [0.1, 0.15) is 38.8 Å². The van der Waals surface area contributed by atoms with Crippen LogP contribution >= 0.6 is 11.6 Å². The smallest absolute Gasteiger partial charge is 0.339 e. The lowest BCUT2D eigenvalue weighted by molar-refractivity contribution is 0.0692. The van der Waals surface area contributed by atoms with E-state index in [0.717, 1.165) is 65.3 Å². The van der Waals surface area contributed by atoms with Gasteiger partial charge in [0.1, 0.15) is 17.1 Å². The van der Waals surface area contributed by atoms with E-state index in [2.05, 4.69) is 48.3 Å². The van der Waals surface area contributed by atoms with Crippen molar-refractivity contribution in [2.75, 3.05) is 56.5 Å². The minimum Gasteiger partial charge on any atom is -0.492 e. The molecule has 1 saturated heterocycles. The van der Waals surface area contributed by atoms with E-state index in [1.165, 1.54) is 6.07 Å². The zero-order valence-corrected chi connectivity index (χ0v) is 32.0. The molecule has 1 aliphatic heterocycles. The van der Waals surface area contributed by atoms with Gasteiger partial charge in [0.25, 0.3) is 0 Å². The number of ether oxygens (including phenoxy) is 1. The average Bonchev–Trinajstić information content (AvgIpc) is 3.49. The first-order valence-electron chi connectivity index (χ1n) is 18.5. The Bertz CT molecular complexity index is 2280. The van der Waals surface area contributed by atoms with Crippen LogP contribution in [0.2, 0.25) is 5.02 Å². The number of pyridine rings is 1. The highest BCUT2D eigenvalue weighted by atomic mass is 35.5. The summed E-state index contributed by atoms with van der Waals surface area (Å²) in [7, 11) is -3.60. The summed E-state index contributed by atoms with van der Waals surface area (Å²) in [6.07, 6.45) is 2.61. The lowest BCUT2D eigenvalue weighted by atomic mass is 9.97. The van der Waals surface area contributed by atoms with E-state index in [0.29, 0.717) is 24.4 Å². The Labute approximate surface area is 327 Å². The van der Waals surface area contributed by atoms with E-state index < -0.39 is 16.0 Å². The highest BCUT2D eigenvalue weighted by Crippen LogP contribution is 2.38. The third-order valence-electron chi connectivity index (χ3n) is 10.1. The van der Waals surface area contributed by atoms with E-state index in [4.69, 9.17) is 16.3 Å². The van der Waals surface area contributed by atoms with Crippen LogP contribution in [0, 0.1) is 0 Å². The van der Waals surface area contributed by atoms with Crippen molar-refractivity contribution in [3.05, 3.63) is 160 Å². The second-order valence-corrected chi connectivity index (χ2v) is 15.9. The van der Waals surface area contributed by atoms with Gasteiger partial charge in [-0.3, -0.25) is 4.90 Å². The van der Waals surface area contributed by atoms with E-state index in [1.54, 1.807) is 24.4 Å². The lowest BCUT2D eigenvalue weighted by Gasteiger charge is -2.35. The molecule has 0 atom stereocenters. The van der Waals surface area contributed by atoms with Gasteiger partial charge < -0.3 is 19.3 Å². The third kappa shape index (κ3) is 9.20. The summed E-state index contributed by atoms with van der Waals surface area (Å²) in [6.45, 7) is 3.92. The van der Waals surface area contributed by atoms with Crippen molar-refractivity contribution in [2.24, 2.45) is 0 Å². The molecule has 10 nitrogen and oxygen atoms in total.